The molecule has 0 aliphatic carbocycles. The zero-order valence-electron chi connectivity index (χ0n) is 7.50. The lowest BCUT2D eigenvalue weighted by Crippen LogP contribution is -2.17. The highest BCUT2D eigenvalue weighted by Gasteiger charge is 1.93. The normalized spacial score (nSPS) is 9.83. The molecule has 3 heteroatoms. The second-order valence-corrected chi connectivity index (χ2v) is 2.57. The summed E-state index contributed by atoms with van der Waals surface area (Å²) in [5, 5.41) is 3.15. The van der Waals surface area contributed by atoms with Gasteiger partial charge in [-0.05, 0) is 19.9 Å². The first-order chi connectivity index (χ1) is 5.77. The molecule has 1 heterocycles. The Hall–Kier alpha value is -1.25. The fraction of sp³-hybridized carbons (Fsp3) is 0.444. The molecule has 12 heavy (non-hydrogen) atoms. The fourth-order valence-electron chi connectivity index (χ4n) is 1.09. The molecule has 1 aromatic rings. The quantitative estimate of drug-likeness (QED) is 0.734. The molecule has 0 atom stereocenters. The zero-order valence-corrected chi connectivity index (χ0v) is 7.50. The Kier molecular flexibility index (Phi) is 2.91. The minimum Gasteiger partial charge on any atom is -0.384 e. The molecule has 0 fully saturated rings. The maximum Gasteiger partial charge on any atom is 0.250 e. The predicted octanol–water partition coefficient (Wildman–Crippen LogP) is 1.30. The fourth-order valence-corrected chi connectivity index (χ4v) is 1.09. The number of hydrogen-bond donors (Lipinski definition) is 1. The maximum absolute atomic E-state index is 11.1. The minimum atomic E-state index is 0.0548. The van der Waals surface area contributed by atoms with Gasteiger partial charge in [-0.15, -0.1) is 0 Å². The van der Waals surface area contributed by atoms with Crippen LogP contribution >= 0.6 is 0 Å². The third kappa shape index (κ3) is 1.87. The van der Waals surface area contributed by atoms with E-state index in [4.69, 9.17) is 0 Å². The highest BCUT2D eigenvalue weighted by atomic mass is 16.1. The van der Waals surface area contributed by atoms with E-state index in [1.807, 2.05) is 20.0 Å². The Morgan fingerprint density at radius 2 is 2.17 bits per heavy atom. The van der Waals surface area contributed by atoms with E-state index in [0.29, 0.717) is 0 Å². The molecule has 0 saturated heterocycles. The molecule has 0 bridgehead atoms. The molecular weight excluding hydrogens is 152 g/mol. The highest BCUT2D eigenvalue weighted by molar-refractivity contribution is 5.39. The molecule has 0 aliphatic rings. The number of anilines is 1. The lowest BCUT2D eigenvalue weighted by molar-refractivity contribution is 0.728. The van der Waals surface area contributed by atoms with E-state index in [9.17, 15) is 4.79 Å². The van der Waals surface area contributed by atoms with Crippen molar-refractivity contribution in [1.82, 2.24) is 4.57 Å². The van der Waals surface area contributed by atoms with Gasteiger partial charge in [0.15, 0.2) is 0 Å². The molecule has 0 radical (unpaired) electrons. The van der Waals surface area contributed by atoms with Crippen LogP contribution in [0.15, 0.2) is 23.1 Å². The minimum absolute atomic E-state index is 0.0548. The molecule has 3 nitrogen and oxygen atoms in total. The van der Waals surface area contributed by atoms with Crippen LogP contribution in [0, 0.1) is 0 Å². The zero-order chi connectivity index (χ0) is 8.97. The summed E-state index contributed by atoms with van der Waals surface area (Å²) in [5.41, 5.74) is 1.05. The number of aryl methyl sites for hydroxylation is 1. The van der Waals surface area contributed by atoms with E-state index in [2.05, 4.69) is 5.32 Å². The average molecular weight is 166 g/mol. The third-order valence-corrected chi connectivity index (χ3v) is 1.71. The van der Waals surface area contributed by atoms with E-state index in [1.54, 1.807) is 16.7 Å². The van der Waals surface area contributed by atoms with Gasteiger partial charge in [-0.3, -0.25) is 4.79 Å². The number of pyridine rings is 1. The van der Waals surface area contributed by atoms with E-state index >= 15 is 0 Å². The first-order valence-corrected chi connectivity index (χ1v) is 4.22. The summed E-state index contributed by atoms with van der Waals surface area (Å²) in [4.78, 5) is 11.1. The Balaban J connectivity index is 2.97. The molecule has 1 rings (SSSR count). The maximum atomic E-state index is 11.1. The van der Waals surface area contributed by atoms with Crippen molar-refractivity contribution in [2.24, 2.45) is 0 Å². The molecule has 66 valence electrons. The Morgan fingerprint density at radius 1 is 1.42 bits per heavy atom. The largest absolute Gasteiger partial charge is 0.384 e. The smallest absolute Gasteiger partial charge is 0.250 e. The van der Waals surface area contributed by atoms with Crippen molar-refractivity contribution >= 4 is 5.69 Å². The monoisotopic (exact) mass is 166 g/mol. The highest BCUT2D eigenvalue weighted by Crippen LogP contribution is 2.01. The Bertz CT molecular complexity index is 304. The van der Waals surface area contributed by atoms with Crippen molar-refractivity contribution in [3.05, 3.63) is 28.7 Å². The van der Waals surface area contributed by atoms with Gasteiger partial charge in [0.1, 0.15) is 0 Å². The topological polar surface area (TPSA) is 34.0 Å². The van der Waals surface area contributed by atoms with Gasteiger partial charge < -0.3 is 9.88 Å². The lowest BCUT2D eigenvalue weighted by Gasteiger charge is -2.05. The summed E-state index contributed by atoms with van der Waals surface area (Å²) in [5.74, 6) is 0. The molecule has 0 aromatic carbocycles. The first-order valence-electron chi connectivity index (χ1n) is 4.22. The summed E-state index contributed by atoms with van der Waals surface area (Å²) in [7, 11) is 0. The van der Waals surface area contributed by atoms with Crippen molar-refractivity contribution in [3.8, 4) is 0 Å². The van der Waals surface area contributed by atoms with Crippen LogP contribution in [-0.2, 0) is 6.54 Å². The van der Waals surface area contributed by atoms with E-state index < -0.39 is 0 Å². The number of hydrogen-bond acceptors (Lipinski definition) is 2. The lowest BCUT2D eigenvalue weighted by atomic mass is 10.4. The van der Waals surface area contributed by atoms with E-state index in [1.165, 1.54) is 0 Å². The standard InChI is InChI=1S/C9H14N2O/c1-3-10-8-5-6-9(12)11(4-2)7-8/h5-7,10H,3-4H2,1-2H3. The van der Waals surface area contributed by atoms with Crippen LogP contribution < -0.4 is 10.9 Å². The van der Waals surface area contributed by atoms with Crippen LogP contribution in [0.1, 0.15) is 13.8 Å². The molecule has 0 aliphatic heterocycles. The molecule has 0 amide bonds. The number of nitrogens with one attached hydrogen (secondary N) is 1. The van der Waals surface area contributed by atoms with Crippen LogP contribution in [0.25, 0.3) is 0 Å². The molecule has 1 aromatic heterocycles. The van der Waals surface area contributed by atoms with Gasteiger partial charge >= 0.3 is 0 Å². The summed E-state index contributed by atoms with van der Waals surface area (Å²) < 4.78 is 1.68. The van der Waals surface area contributed by atoms with Crippen molar-refractivity contribution in [3.63, 3.8) is 0 Å². The van der Waals surface area contributed by atoms with Crippen molar-refractivity contribution in [1.29, 1.82) is 0 Å². The summed E-state index contributed by atoms with van der Waals surface area (Å²) in [6.45, 7) is 5.58. The van der Waals surface area contributed by atoms with Gasteiger partial charge in [0.25, 0.3) is 5.56 Å². The van der Waals surface area contributed by atoms with Gasteiger partial charge in [-0.1, -0.05) is 0 Å². The van der Waals surface area contributed by atoms with E-state index in [0.717, 1.165) is 18.8 Å². The van der Waals surface area contributed by atoms with Crippen molar-refractivity contribution < 1.29 is 0 Å². The average Bonchev–Trinajstić information content (AvgIpc) is 2.09. The van der Waals surface area contributed by atoms with E-state index in [-0.39, 0.29) is 5.56 Å². The van der Waals surface area contributed by atoms with Gasteiger partial charge in [-0.25, -0.2) is 0 Å². The summed E-state index contributed by atoms with van der Waals surface area (Å²) >= 11 is 0. The van der Waals surface area contributed by atoms with Gasteiger partial charge in [-0.2, -0.15) is 0 Å². The Labute approximate surface area is 72.0 Å². The van der Waals surface area contributed by atoms with Gasteiger partial charge in [0.05, 0.1) is 5.69 Å². The number of aromatic nitrogens is 1. The second kappa shape index (κ2) is 3.95. The molecule has 1 N–H and O–H groups in total. The number of nitrogens with zero attached hydrogens (tertiary/aromatic N) is 1. The third-order valence-electron chi connectivity index (χ3n) is 1.71. The van der Waals surface area contributed by atoms with Crippen LogP contribution in [0.4, 0.5) is 5.69 Å². The Morgan fingerprint density at radius 3 is 2.75 bits per heavy atom. The van der Waals surface area contributed by atoms with Gasteiger partial charge in [0.2, 0.25) is 0 Å². The second-order valence-electron chi connectivity index (χ2n) is 2.57. The van der Waals surface area contributed by atoms with Crippen LogP contribution in [0.2, 0.25) is 0 Å². The van der Waals surface area contributed by atoms with Crippen LogP contribution in [0.3, 0.4) is 0 Å². The van der Waals surface area contributed by atoms with Crippen LogP contribution in [-0.4, -0.2) is 11.1 Å². The molecule has 0 unspecified atom stereocenters. The molecule has 0 spiro atoms. The SMILES string of the molecule is CCNc1ccc(=O)n(CC)c1. The van der Waals surface area contributed by atoms with Crippen molar-refractivity contribution in [2.45, 2.75) is 20.4 Å². The summed E-state index contributed by atoms with van der Waals surface area (Å²) in [6, 6.07) is 3.39. The van der Waals surface area contributed by atoms with Crippen LogP contribution in [0.5, 0.6) is 0 Å². The summed E-state index contributed by atoms with van der Waals surface area (Å²) in [6.07, 6.45) is 1.84. The van der Waals surface area contributed by atoms with Crippen molar-refractivity contribution in [2.75, 3.05) is 11.9 Å². The molecular formula is C9H14N2O. The number of rotatable bonds is 3. The first kappa shape index (κ1) is 8.84. The van der Waals surface area contributed by atoms with Gasteiger partial charge in [0, 0.05) is 25.4 Å². The predicted molar refractivity (Wildman–Crippen MR) is 50.5 cm³/mol. The molecule has 0 saturated carbocycles.